The fraction of sp³-hybridized carbons (Fsp3) is 0. The first-order valence-corrected chi connectivity index (χ1v) is 18.5. The topological polar surface area (TPSA) is 19.1 Å². The molecule has 0 unspecified atom stereocenters. The summed E-state index contributed by atoms with van der Waals surface area (Å²) in [5.74, 6) is 1.78. The summed E-state index contributed by atoms with van der Waals surface area (Å²) in [5, 5.41) is 5.01. The molecule has 4 heteroatoms. The Bertz CT molecular complexity index is 2930. The Hall–Kier alpha value is -6.49. The van der Waals surface area contributed by atoms with Gasteiger partial charge in [0.15, 0.2) is 11.5 Å². The molecule has 3 nitrogen and oxygen atoms in total. The minimum Gasteiger partial charge on any atom is -0.453 e. The first-order valence-electron chi connectivity index (χ1n) is 17.7. The summed E-state index contributed by atoms with van der Waals surface area (Å²) in [6.45, 7) is 0. The van der Waals surface area contributed by atoms with Crippen molar-refractivity contribution in [1.29, 1.82) is 0 Å². The van der Waals surface area contributed by atoms with E-state index in [0.29, 0.717) is 0 Å². The van der Waals surface area contributed by atoms with Gasteiger partial charge in [0.25, 0.3) is 0 Å². The lowest BCUT2D eigenvalue weighted by atomic mass is 9.95. The average Bonchev–Trinajstić information content (AvgIpc) is 3.73. The van der Waals surface area contributed by atoms with Gasteiger partial charge in [-0.25, -0.2) is 0 Å². The zero-order chi connectivity index (χ0) is 33.9. The van der Waals surface area contributed by atoms with Gasteiger partial charge in [0.1, 0.15) is 0 Å². The second kappa shape index (κ2) is 10.5. The molecule has 52 heavy (non-hydrogen) atoms. The molecular weight excluding hydrogens is 653 g/mol. The fourth-order valence-corrected chi connectivity index (χ4v) is 9.64. The Morgan fingerprint density at radius 2 is 0.846 bits per heavy atom. The highest BCUT2D eigenvalue weighted by atomic mass is 32.2. The first-order chi connectivity index (χ1) is 25.8. The summed E-state index contributed by atoms with van der Waals surface area (Å²) >= 11 is 1.87. The summed E-state index contributed by atoms with van der Waals surface area (Å²) in [6, 6.07) is 61.8. The molecule has 242 valence electrons. The number of para-hydroxylation sites is 5. The van der Waals surface area contributed by atoms with Crippen molar-refractivity contribution in [3.63, 3.8) is 0 Å². The van der Waals surface area contributed by atoms with E-state index >= 15 is 0 Å². The Kier molecular flexibility index (Phi) is 5.71. The normalized spacial score (nSPS) is 12.7. The lowest BCUT2D eigenvalue weighted by molar-refractivity contribution is 0.476. The average molecular weight is 681 g/mol. The number of benzene rings is 8. The monoisotopic (exact) mass is 680 g/mol. The molecule has 0 atom stereocenters. The molecule has 2 aromatic heterocycles. The van der Waals surface area contributed by atoms with Crippen molar-refractivity contribution in [3.05, 3.63) is 170 Å². The molecular formula is C48H28N2OS. The Morgan fingerprint density at radius 1 is 0.346 bits per heavy atom. The molecule has 0 saturated heterocycles. The second-order valence-electron chi connectivity index (χ2n) is 13.7. The Labute approximate surface area is 304 Å². The van der Waals surface area contributed by atoms with Crippen LogP contribution in [-0.2, 0) is 0 Å². The predicted molar refractivity (Wildman–Crippen MR) is 216 cm³/mol. The molecule has 0 fully saturated rings. The van der Waals surface area contributed by atoms with E-state index in [2.05, 4.69) is 167 Å². The molecule has 10 aromatic rings. The zero-order valence-corrected chi connectivity index (χ0v) is 28.7. The van der Waals surface area contributed by atoms with Crippen molar-refractivity contribution in [2.75, 3.05) is 0 Å². The van der Waals surface area contributed by atoms with Crippen molar-refractivity contribution >= 4 is 55.4 Å². The van der Waals surface area contributed by atoms with E-state index in [0.717, 1.165) is 22.7 Å². The molecule has 0 aliphatic carbocycles. The lowest BCUT2D eigenvalue weighted by Crippen LogP contribution is -2.03. The van der Waals surface area contributed by atoms with Crippen LogP contribution in [0.2, 0.25) is 0 Å². The summed E-state index contributed by atoms with van der Waals surface area (Å²) in [7, 11) is 0. The summed E-state index contributed by atoms with van der Waals surface area (Å²) in [5.41, 5.74) is 14.4. The van der Waals surface area contributed by atoms with Crippen LogP contribution >= 0.6 is 11.8 Å². The van der Waals surface area contributed by atoms with E-state index in [1.165, 1.54) is 87.0 Å². The van der Waals surface area contributed by atoms with Crippen molar-refractivity contribution in [2.24, 2.45) is 0 Å². The molecule has 2 aliphatic rings. The van der Waals surface area contributed by atoms with Crippen molar-refractivity contribution in [2.45, 2.75) is 9.79 Å². The standard InChI is InChI=1S/C48H28N2OS/c1-3-17-43-41(15-1)49-39-23-21-33(27-37(39)35-13-7-18-44(51-43)47(35)49)31-11-5-9-29(25-31)30-10-6-12-32(26-30)34-22-24-40-38(28-34)36-14-8-20-46-48(36)50(40)42-16-2-4-19-45(42)52-46/h1-28H. The van der Waals surface area contributed by atoms with E-state index in [9.17, 15) is 0 Å². The van der Waals surface area contributed by atoms with Crippen LogP contribution in [-0.4, -0.2) is 9.13 Å². The highest BCUT2D eigenvalue weighted by molar-refractivity contribution is 7.99. The summed E-state index contributed by atoms with van der Waals surface area (Å²) in [4.78, 5) is 2.60. The second-order valence-corrected chi connectivity index (χ2v) is 14.8. The van der Waals surface area contributed by atoms with E-state index < -0.39 is 0 Å². The van der Waals surface area contributed by atoms with Gasteiger partial charge in [0, 0.05) is 31.3 Å². The molecule has 4 heterocycles. The first kappa shape index (κ1) is 28.2. The third kappa shape index (κ3) is 3.93. The van der Waals surface area contributed by atoms with E-state index in [-0.39, 0.29) is 0 Å². The lowest BCUT2D eigenvalue weighted by Gasteiger charge is -2.20. The highest BCUT2D eigenvalue weighted by Gasteiger charge is 2.24. The van der Waals surface area contributed by atoms with Crippen LogP contribution < -0.4 is 4.74 Å². The molecule has 2 aliphatic heterocycles. The van der Waals surface area contributed by atoms with Crippen LogP contribution in [0.15, 0.2) is 180 Å². The minimum absolute atomic E-state index is 0.884. The van der Waals surface area contributed by atoms with Crippen molar-refractivity contribution in [1.82, 2.24) is 9.13 Å². The minimum atomic E-state index is 0.884. The van der Waals surface area contributed by atoms with Gasteiger partial charge in [-0.15, -0.1) is 0 Å². The molecule has 0 saturated carbocycles. The number of fused-ring (bicyclic) bond motifs is 10. The number of aromatic nitrogens is 2. The van der Waals surface area contributed by atoms with Gasteiger partial charge >= 0.3 is 0 Å². The van der Waals surface area contributed by atoms with E-state index in [1.807, 2.05) is 23.9 Å². The van der Waals surface area contributed by atoms with Crippen molar-refractivity contribution < 1.29 is 4.74 Å². The number of ether oxygens (including phenoxy) is 1. The number of nitrogens with zero attached hydrogens (tertiary/aromatic N) is 2. The predicted octanol–water partition coefficient (Wildman–Crippen LogP) is 13.5. The maximum Gasteiger partial charge on any atom is 0.152 e. The largest absolute Gasteiger partial charge is 0.453 e. The number of hydrogen-bond donors (Lipinski definition) is 0. The van der Waals surface area contributed by atoms with Gasteiger partial charge in [-0.2, -0.15) is 0 Å². The number of hydrogen-bond acceptors (Lipinski definition) is 2. The molecule has 0 N–H and O–H groups in total. The maximum absolute atomic E-state index is 6.34. The molecule has 12 rings (SSSR count). The smallest absolute Gasteiger partial charge is 0.152 e. The van der Waals surface area contributed by atoms with Crippen LogP contribution in [0.1, 0.15) is 0 Å². The fourth-order valence-electron chi connectivity index (χ4n) is 8.55. The third-order valence-electron chi connectivity index (χ3n) is 10.9. The molecule has 8 aromatic carbocycles. The SMILES string of the molecule is c1cc(-c2cccc(-c3ccc4c(c3)c3cccc5c3n4-c3ccccc3S5)c2)cc(-c2ccc3c(c2)c2cccc4c2n3-c2ccccc2O4)c1. The number of rotatable bonds is 3. The Morgan fingerprint density at radius 3 is 1.54 bits per heavy atom. The van der Waals surface area contributed by atoms with Gasteiger partial charge in [0.05, 0.1) is 33.4 Å². The Balaban J connectivity index is 0.951. The van der Waals surface area contributed by atoms with Gasteiger partial charge in [0.2, 0.25) is 0 Å². The highest BCUT2D eigenvalue weighted by Crippen LogP contribution is 2.48. The van der Waals surface area contributed by atoms with Gasteiger partial charge in [-0.05, 0) is 106 Å². The molecule has 0 bridgehead atoms. The third-order valence-corrected chi connectivity index (χ3v) is 12.0. The van der Waals surface area contributed by atoms with Crippen LogP contribution in [0.25, 0.3) is 88.4 Å². The molecule has 0 spiro atoms. The maximum atomic E-state index is 6.34. The van der Waals surface area contributed by atoms with E-state index in [4.69, 9.17) is 4.74 Å². The summed E-state index contributed by atoms with van der Waals surface area (Å²) in [6.07, 6.45) is 0. The molecule has 0 radical (unpaired) electrons. The van der Waals surface area contributed by atoms with Crippen LogP contribution in [0, 0.1) is 0 Å². The van der Waals surface area contributed by atoms with Crippen molar-refractivity contribution in [3.8, 4) is 56.3 Å². The molecule has 0 amide bonds. The van der Waals surface area contributed by atoms with E-state index in [1.54, 1.807) is 0 Å². The van der Waals surface area contributed by atoms with Gasteiger partial charge in [-0.1, -0.05) is 109 Å². The van der Waals surface area contributed by atoms with Gasteiger partial charge < -0.3 is 13.9 Å². The zero-order valence-electron chi connectivity index (χ0n) is 27.9. The van der Waals surface area contributed by atoms with Gasteiger partial charge in [-0.3, -0.25) is 0 Å². The van der Waals surface area contributed by atoms with Crippen LogP contribution in [0.3, 0.4) is 0 Å². The van der Waals surface area contributed by atoms with Crippen LogP contribution in [0.4, 0.5) is 0 Å². The quantitative estimate of drug-likeness (QED) is 0.185. The van der Waals surface area contributed by atoms with Crippen LogP contribution in [0.5, 0.6) is 11.5 Å². The summed E-state index contributed by atoms with van der Waals surface area (Å²) < 4.78 is 11.1.